The molecule has 1 fully saturated rings. The summed E-state index contributed by atoms with van der Waals surface area (Å²) >= 11 is 0. The van der Waals surface area contributed by atoms with Gasteiger partial charge in [0.2, 0.25) is 10.0 Å². The van der Waals surface area contributed by atoms with Crippen LogP contribution in [0.5, 0.6) is 0 Å². The molecule has 0 aromatic carbocycles. The van der Waals surface area contributed by atoms with E-state index in [0.717, 1.165) is 31.4 Å². The van der Waals surface area contributed by atoms with Gasteiger partial charge in [-0.25, -0.2) is 13.1 Å². The monoisotopic (exact) mass is 371 g/mol. The summed E-state index contributed by atoms with van der Waals surface area (Å²) in [5.41, 5.74) is 1.13. The maximum absolute atomic E-state index is 12.1. The van der Waals surface area contributed by atoms with Crippen LogP contribution in [0.4, 0.5) is 0 Å². The predicted molar refractivity (Wildman–Crippen MR) is 99.0 cm³/mol. The van der Waals surface area contributed by atoms with E-state index in [4.69, 9.17) is 4.74 Å². The van der Waals surface area contributed by atoms with Gasteiger partial charge in [-0.15, -0.1) is 0 Å². The molecule has 8 nitrogen and oxygen atoms in total. The SMILES string of the molecule is CN=C(NCCS(=O)(=O)NCC1CCCCO1)NCc1ccn(C)c1. The lowest BCUT2D eigenvalue weighted by atomic mass is 10.1. The van der Waals surface area contributed by atoms with E-state index < -0.39 is 10.0 Å². The molecular formula is C16H29N5O3S. The highest BCUT2D eigenvalue weighted by atomic mass is 32.2. The Morgan fingerprint density at radius 1 is 1.40 bits per heavy atom. The number of hydrogen-bond donors (Lipinski definition) is 3. The average Bonchev–Trinajstić information content (AvgIpc) is 3.02. The third-order valence-corrected chi connectivity index (χ3v) is 5.39. The van der Waals surface area contributed by atoms with Crippen molar-refractivity contribution in [1.29, 1.82) is 0 Å². The Morgan fingerprint density at radius 2 is 2.24 bits per heavy atom. The van der Waals surface area contributed by atoms with E-state index in [9.17, 15) is 8.42 Å². The number of aryl methyl sites for hydroxylation is 1. The van der Waals surface area contributed by atoms with Crippen LogP contribution in [0.2, 0.25) is 0 Å². The van der Waals surface area contributed by atoms with Crippen LogP contribution in [0.3, 0.4) is 0 Å². The van der Waals surface area contributed by atoms with E-state index in [-0.39, 0.29) is 18.4 Å². The van der Waals surface area contributed by atoms with Gasteiger partial charge in [-0.05, 0) is 30.9 Å². The second-order valence-corrected chi connectivity index (χ2v) is 8.12. The van der Waals surface area contributed by atoms with Gasteiger partial charge in [-0.2, -0.15) is 0 Å². The summed E-state index contributed by atoms with van der Waals surface area (Å²) in [5, 5.41) is 6.18. The zero-order valence-corrected chi connectivity index (χ0v) is 15.8. The molecule has 1 unspecified atom stereocenters. The van der Waals surface area contributed by atoms with Gasteiger partial charge in [-0.1, -0.05) is 0 Å². The van der Waals surface area contributed by atoms with Gasteiger partial charge in [0, 0.05) is 52.7 Å². The molecule has 1 aliphatic heterocycles. The first kappa shape index (κ1) is 19.7. The van der Waals surface area contributed by atoms with Crippen molar-refractivity contribution < 1.29 is 13.2 Å². The Balaban J connectivity index is 1.66. The van der Waals surface area contributed by atoms with Gasteiger partial charge in [0.05, 0.1) is 11.9 Å². The van der Waals surface area contributed by atoms with Crippen LogP contribution in [0.1, 0.15) is 24.8 Å². The van der Waals surface area contributed by atoms with Crippen LogP contribution in [0.25, 0.3) is 0 Å². The summed E-state index contributed by atoms with van der Waals surface area (Å²) in [4.78, 5) is 4.10. The maximum Gasteiger partial charge on any atom is 0.213 e. The topological polar surface area (TPSA) is 96.8 Å². The Labute approximate surface area is 150 Å². The molecule has 9 heteroatoms. The second kappa shape index (κ2) is 9.79. The fraction of sp³-hybridized carbons (Fsp3) is 0.688. The molecule has 2 rings (SSSR count). The zero-order chi connectivity index (χ0) is 18.1. The molecule has 2 heterocycles. The predicted octanol–water partition coefficient (Wildman–Crippen LogP) is 0.179. The van der Waals surface area contributed by atoms with E-state index >= 15 is 0 Å². The summed E-state index contributed by atoms with van der Waals surface area (Å²) in [5.74, 6) is 0.570. The van der Waals surface area contributed by atoms with Crippen LogP contribution in [-0.4, -0.2) is 57.5 Å². The lowest BCUT2D eigenvalue weighted by Gasteiger charge is -2.22. The molecule has 1 saturated heterocycles. The molecular weight excluding hydrogens is 342 g/mol. The summed E-state index contributed by atoms with van der Waals surface area (Å²) in [6.45, 7) is 1.99. The van der Waals surface area contributed by atoms with E-state index in [1.165, 1.54) is 0 Å². The van der Waals surface area contributed by atoms with E-state index in [1.54, 1.807) is 7.05 Å². The molecule has 0 radical (unpaired) electrons. The Hall–Kier alpha value is -1.58. The van der Waals surface area contributed by atoms with Crippen LogP contribution in [0.15, 0.2) is 23.5 Å². The summed E-state index contributed by atoms with van der Waals surface area (Å²) < 4.78 is 34.2. The third-order valence-electron chi connectivity index (χ3n) is 4.04. The van der Waals surface area contributed by atoms with E-state index in [0.29, 0.717) is 19.0 Å². The Bertz CT molecular complexity index is 650. The first-order valence-electron chi connectivity index (χ1n) is 8.63. The summed E-state index contributed by atoms with van der Waals surface area (Å²) in [7, 11) is 0.298. The first-order chi connectivity index (χ1) is 12.0. The van der Waals surface area contributed by atoms with Gasteiger partial charge in [0.1, 0.15) is 0 Å². The number of sulfonamides is 1. The molecule has 0 bridgehead atoms. The van der Waals surface area contributed by atoms with Crippen molar-refractivity contribution in [2.24, 2.45) is 12.0 Å². The first-order valence-corrected chi connectivity index (χ1v) is 10.3. The molecule has 1 aliphatic rings. The highest BCUT2D eigenvalue weighted by Gasteiger charge is 2.17. The van der Waals surface area contributed by atoms with Crippen molar-refractivity contribution in [2.45, 2.75) is 31.9 Å². The number of aliphatic imine (C=N–C) groups is 1. The number of rotatable bonds is 8. The van der Waals surface area contributed by atoms with Gasteiger partial charge < -0.3 is 19.9 Å². The highest BCUT2D eigenvalue weighted by molar-refractivity contribution is 7.89. The van der Waals surface area contributed by atoms with Crippen LogP contribution >= 0.6 is 0 Å². The van der Waals surface area contributed by atoms with Crippen molar-refractivity contribution in [1.82, 2.24) is 19.9 Å². The minimum Gasteiger partial charge on any atom is -0.377 e. The molecule has 1 aromatic heterocycles. The molecule has 0 aliphatic carbocycles. The fourth-order valence-corrected chi connectivity index (χ4v) is 3.59. The van der Waals surface area contributed by atoms with Crippen molar-refractivity contribution in [2.75, 3.05) is 32.5 Å². The number of ether oxygens (including phenoxy) is 1. The smallest absolute Gasteiger partial charge is 0.213 e. The highest BCUT2D eigenvalue weighted by Crippen LogP contribution is 2.11. The zero-order valence-electron chi connectivity index (χ0n) is 15.0. The number of hydrogen-bond acceptors (Lipinski definition) is 4. The molecule has 0 amide bonds. The summed E-state index contributed by atoms with van der Waals surface area (Å²) in [6.07, 6.45) is 7.05. The van der Waals surface area contributed by atoms with Crippen molar-refractivity contribution in [3.63, 3.8) is 0 Å². The van der Waals surface area contributed by atoms with Gasteiger partial charge in [0.25, 0.3) is 0 Å². The van der Waals surface area contributed by atoms with Crippen LogP contribution in [-0.2, 0) is 28.4 Å². The lowest BCUT2D eigenvalue weighted by Crippen LogP contribution is -2.42. The van der Waals surface area contributed by atoms with Gasteiger partial charge in [0.15, 0.2) is 5.96 Å². The van der Waals surface area contributed by atoms with Crippen molar-refractivity contribution in [3.05, 3.63) is 24.0 Å². The minimum atomic E-state index is -3.33. The van der Waals surface area contributed by atoms with Crippen molar-refractivity contribution >= 4 is 16.0 Å². The van der Waals surface area contributed by atoms with Crippen LogP contribution < -0.4 is 15.4 Å². The molecule has 3 N–H and O–H groups in total. The van der Waals surface area contributed by atoms with Gasteiger partial charge >= 0.3 is 0 Å². The third kappa shape index (κ3) is 7.45. The second-order valence-electron chi connectivity index (χ2n) is 6.19. The summed E-state index contributed by atoms with van der Waals surface area (Å²) in [6, 6.07) is 2.02. The number of aromatic nitrogens is 1. The minimum absolute atomic E-state index is 0.00297. The quantitative estimate of drug-likeness (QED) is 0.447. The molecule has 0 spiro atoms. The standard InChI is InChI=1S/C16H29N5O3S/c1-17-16(19-11-14-6-8-21(2)13-14)18-7-10-25(22,23)20-12-15-5-3-4-9-24-15/h6,8,13,15,20H,3-5,7,9-12H2,1-2H3,(H2,17,18,19). The largest absolute Gasteiger partial charge is 0.377 e. The average molecular weight is 372 g/mol. The Kier molecular flexibility index (Phi) is 7.73. The molecule has 142 valence electrons. The van der Waals surface area contributed by atoms with Crippen LogP contribution in [0, 0.1) is 0 Å². The number of nitrogens with one attached hydrogen (secondary N) is 3. The number of guanidine groups is 1. The fourth-order valence-electron chi connectivity index (χ4n) is 2.64. The van der Waals surface area contributed by atoms with Gasteiger partial charge in [-0.3, -0.25) is 4.99 Å². The molecule has 0 saturated carbocycles. The number of nitrogens with zero attached hydrogens (tertiary/aromatic N) is 2. The molecule has 1 atom stereocenters. The lowest BCUT2D eigenvalue weighted by molar-refractivity contribution is 0.0200. The Morgan fingerprint density at radius 3 is 2.88 bits per heavy atom. The molecule has 25 heavy (non-hydrogen) atoms. The maximum atomic E-state index is 12.1. The van der Waals surface area contributed by atoms with E-state index in [1.807, 2.05) is 30.1 Å². The van der Waals surface area contributed by atoms with E-state index in [2.05, 4.69) is 20.3 Å². The molecule has 1 aromatic rings. The normalized spacial score (nSPS) is 19.0. The van der Waals surface area contributed by atoms with Crippen molar-refractivity contribution in [3.8, 4) is 0 Å².